The number of carbonyl (C=O) groups is 1. The molecule has 0 aliphatic rings. The van der Waals surface area contributed by atoms with Crippen LogP contribution in [0.4, 0.5) is 20.7 Å². The second kappa shape index (κ2) is 6.47. The lowest BCUT2D eigenvalue weighted by Crippen LogP contribution is -2.22. The van der Waals surface area contributed by atoms with Gasteiger partial charge in [0.2, 0.25) is 0 Å². The number of benzene rings is 1. The normalized spacial score (nSPS) is 10.9. The number of nitrogens with zero attached hydrogens (tertiary/aromatic N) is 2. The van der Waals surface area contributed by atoms with Crippen molar-refractivity contribution in [1.82, 2.24) is 9.55 Å². The van der Waals surface area contributed by atoms with Gasteiger partial charge in [0.05, 0.1) is 11.2 Å². The second-order valence-corrected chi connectivity index (χ2v) is 5.85. The summed E-state index contributed by atoms with van der Waals surface area (Å²) in [5.74, 6) is -0.405. The van der Waals surface area contributed by atoms with Crippen molar-refractivity contribution in [2.45, 2.75) is 20.4 Å². The highest BCUT2D eigenvalue weighted by Crippen LogP contribution is 2.29. The predicted molar refractivity (Wildman–Crippen MR) is 97.9 cm³/mol. The minimum atomic E-state index is -1.39. The highest BCUT2D eigenvalue weighted by Gasteiger charge is 2.16. The van der Waals surface area contributed by atoms with Gasteiger partial charge in [0.15, 0.2) is 0 Å². The second-order valence-electron chi connectivity index (χ2n) is 5.85. The highest BCUT2D eigenvalue weighted by atomic mass is 19.1. The average molecular weight is 356 g/mol. The van der Waals surface area contributed by atoms with Gasteiger partial charge < -0.3 is 15.4 Å². The van der Waals surface area contributed by atoms with Crippen LogP contribution in [0, 0.1) is 12.7 Å². The molecule has 0 saturated heterocycles. The lowest BCUT2D eigenvalue weighted by Gasteiger charge is -2.14. The summed E-state index contributed by atoms with van der Waals surface area (Å²) in [6, 6.07) is 5.80. The van der Waals surface area contributed by atoms with Gasteiger partial charge >= 0.3 is 6.09 Å². The smallest absolute Gasteiger partial charge is 0.409 e. The Labute approximate surface area is 147 Å². The summed E-state index contributed by atoms with van der Waals surface area (Å²) >= 11 is 0. The quantitative estimate of drug-likeness (QED) is 0.667. The fourth-order valence-electron chi connectivity index (χ4n) is 2.97. The average Bonchev–Trinajstić information content (AvgIpc) is 2.57. The Bertz CT molecular complexity index is 1090. The Morgan fingerprint density at radius 2 is 2.04 bits per heavy atom. The van der Waals surface area contributed by atoms with Crippen LogP contribution in [0.1, 0.15) is 12.5 Å². The molecule has 134 valence electrons. The number of hydrogen-bond donors (Lipinski definition) is 3. The van der Waals surface area contributed by atoms with Gasteiger partial charge in [-0.15, -0.1) is 0 Å². The zero-order chi connectivity index (χ0) is 19.0. The summed E-state index contributed by atoms with van der Waals surface area (Å²) in [7, 11) is 0. The maximum atomic E-state index is 14.0. The Morgan fingerprint density at radius 3 is 2.69 bits per heavy atom. The minimum absolute atomic E-state index is 0.212. The molecule has 0 aliphatic heterocycles. The first-order valence-corrected chi connectivity index (χ1v) is 7.91. The van der Waals surface area contributed by atoms with Gasteiger partial charge in [-0.05, 0) is 43.2 Å². The van der Waals surface area contributed by atoms with E-state index in [2.05, 4.69) is 4.98 Å². The third-order valence-electron chi connectivity index (χ3n) is 4.16. The van der Waals surface area contributed by atoms with Gasteiger partial charge in [0.25, 0.3) is 5.56 Å². The lowest BCUT2D eigenvalue weighted by molar-refractivity contribution is 0.209. The topological polar surface area (TPSA) is 110 Å². The molecule has 1 amide bonds. The molecule has 7 nitrogen and oxygen atoms in total. The first-order valence-electron chi connectivity index (χ1n) is 7.91. The van der Waals surface area contributed by atoms with Crippen LogP contribution in [0.15, 0.2) is 35.3 Å². The molecule has 0 bridgehead atoms. The van der Waals surface area contributed by atoms with Crippen molar-refractivity contribution in [3.8, 4) is 11.1 Å². The molecule has 0 saturated carbocycles. The maximum absolute atomic E-state index is 14.0. The number of aryl methyl sites for hydroxylation is 2. The van der Waals surface area contributed by atoms with Crippen molar-refractivity contribution in [3.63, 3.8) is 0 Å². The molecule has 1 aromatic carbocycles. The molecular formula is C18H17FN4O3. The number of halogens is 1. The Morgan fingerprint density at radius 1 is 1.31 bits per heavy atom. The van der Waals surface area contributed by atoms with Crippen LogP contribution in [-0.4, -0.2) is 20.8 Å². The Hall–Kier alpha value is -3.42. The molecule has 0 atom stereocenters. The number of nitrogens with one attached hydrogen (secondary N) is 1. The molecule has 2 aromatic heterocycles. The van der Waals surface area contributed by atoms with Crippen LogP contribution in [-0.2, 0) is 6.54 Å². The van der Waals surface area contributed by atoms with Gasteiger partial charge in [0.1, 0.15) is 11.6 Å². The molecule has 0 aliphatic carbocycles. The van der Waals surface area contributed by atoms with E-state index in [4.69, 9.17) is 10.8 Å². The molecule has 0 radical (unpaired) electrons. The number of carboxylic acid groups (broad SMARTS) is 1. The molecule has 4 N–H and O–H groups in total. The third kappa shape index (κ3) is 2.97. The standard InChI is InChI=1S/C18H17FN4O3/c1-3-23-15-7-16(20)21-8-10(15)5-12(17(23)24)11-6-14(22-18(25)26)13(19)4-9(11)2/h4-8,22H,3H2,1-2H3,(H2,20,21)(H,25,26). The summed E-state index contributed by atoms with van der Waals surface area (Å²) < 4.78 is 15.6. The van der Waals surface area contributed by atoms with Gasteiger partial charge in [-0.3, -0.25) is 10.1 Å². The summed E-state index contributed by atoms with van der Waals surface area (Å²) in [5.41, 5.74) is 7.17. The highest BCUT2D eigenvalue weighted by molar-refractivity contribution is 5.88. The molecule has 0 fully saturated rings. The van der Waals surface area contributed by atoms with Gasteiger partial charge in [0, 0.05) is 29.8 Å². The molecule has 3 aromatic rings. The van der Waals surface area contributed by atoms with E-state index < -0.39 is 11.9 Å². The van der Waals surface area contributed by atoms with Gasteiger partial charge in [-0.1, -0.05) is 0 Å². The minimum Gasteiger partial charge on any atom is -0.465 e. The van der Waals surface area contributed by atoms with E-state index in [9.17, 15) is 14.0 Å². The number of amides is 1. The van der Waals surface area contributed by atoms with E-state index in [1.165, 1.54) is 12.1 Å². The number of aromatic nitrogens is 2. The number of fused-ring (bicyclic) bond motifs is 1. The first kappa shape index (κ1) is 17.4. The van der Waals surface area contributed by atoms with Gasteiger partial charge in [-0.25, -0.2) is 14.2 Å². The summed E-state index contributed by atoms with van der Waals surface area (Å²) in [6.45, 7) is 3.90. The molecule has 8 heteroatoms. The molecule has 3 rings (SSSR count). The Balaban J connectivity index is 2.32. The third-order valence-corrected chi connectivity index (χ3v) is 4.16. The van der Waals surface area contributed by atoms with E-state index in [1.54, 1.807) is 29.8 Å². The molecular weight excluding hydrogens is 339 g/mol. The van der Waals surface area contributed by atoms with Crippen molar-refractivity contribution >= 4 is 28.5 Å². The van der Waals surface area contributed by atoms with Gasteiger partial charge in [-0.2, -0.15) is 0 Å². The van der Waals surface area contributed by atoms with Crippen LogP contribution in [0.2, 0.25) is 0 Å². The monoisotopic (exact) mass is 356 g/mol. The van der Waals surface area contributed by atoms with Crippen LogP contribution in [0.5, 0.6) is 0 Å². The fraction of sp³-hybridized carbons (Fsp3) is 0.167. The van der Waals surface area contributed by atoms with Crippen molar-refractivity contribution in [2.24, 2.45) is 0 Å². The lowest BCUT2D eigenvalue weighted by atomic mass is 9.99. The van der Waals surface area contributed by atoms with Crippen LogP contribution in [0.25, 0.3) is 22.0 Å². The van der Waals surface area contributed by atoms with E-state index in [0.717, 1.165) is 0 Å². The zero-order valence-electron chi connectivity index (χ0n) is 14.2. The molecule has 2 heterocycles. The summed E-state index contributed by atoms with van der Waals surface area (Å²) in [4.78, 5) is 27.9. The molecule has 26 heavy (non-hydrogen) atoms. The van der Waals surface area contributed by atoms with Crippen LogP contribution < -0.4 is 16.6 Å². The summed E-state index contributed by atoms with van der Waals surface area (Å²) in [6.07, 6.45) is 0.178. The number of nitrogen functional groups attached to an aromatic ring is 1. The Kier molecular flexibility index (Phi) is 4.33. The number of hydrogen-bond acceptors (Lipinski definition) is 4. The number of anilines is 2. The van der Waals surface area contributed by atoms with E-state index in [1.807, 2.05) is 12.2 Å². The summed E-state index contributed by atoms with van der Waals surface area (Å²) in [5, 5.41) is 11.6. The predicted octanol–water partition coefficient (Wildman–Crippen LogP) is 3.20. The number of rotatable bonds is 3. The molecule has 0 spiro atoms. The van der Waals surface area contributed by atoms with E-state index in [0.29, 0.717) is 40.0 Å². The van der Waals surface area contributed by atoms with Crippen molar-refractivity contribution in [3.05, 3.63) is 52.2 Å². The van der Waals surface area contributed by atoms with E-state index >= 15 is 0 Å². The zero-order valence-corrected chi connectivity index (χ0v) is 14.2. The largest absolute Gasteiger partial charge is 0.465 e. The first-order chi connectivity index (χ1) is 12.3. The molecule has 0 unspecified atom stereocenters. The fourth-order valence-corrected chi connectivity index (χ4v) is 2.97. The van der Waals surface area contributed by atoms with E-state index in [-0.39, 0.29) is 11.2 Å². The number of pyridine rings is 2. The number of nitrogens with two attached hydrogens (primary N) is 1. The van der Waals surface area contributed by atoms with Crippen LogP contribution >= 0.6 is 0 Å². The van der Waals surface area contributed by atoms with Crippen molar-refractivity contribution < 1.29 is 14.3 Å². The van der Waals surface area contributed by atoms with Crippen molar-refractivity contribution in [1.29, 1.82) is 0 Å². The maximum Gasteiger partial charge on any atom is 0.409 e. The SMILES string of the molecule is CCn1c(=O)c(-c2cc(NC(=O)O)c(F)cc2C)cc2cnc(N)cc21. The van der Waals surface area contributed by atoms with Crippen molar-refractivity contribution in [2.75, 3.05) is 11.1 Å². The van der Waals surface area contributed by atoms with Crippen LogP contribution in [0.3, 0.4) is 0 Å².